The van der Waals surface area contributed by atoms with Crippen LogP contribution in [0, 0.1) is 11.6 Å². The number of anilines is 1. The number of fused-ring (bicyclic) bond motifs is 1. The average molecular weight is 637 g/mol. The molecule has 0 spiro atoms. The van der Waals surface area contributed by atoms with Crippen molar-refractivity contribution in [3.05, 3.63) is 94.2 Å². The molecule has 12 heteroatoms. The summed E-state index contributed by atoms with van der Waals surface area (Å²) in [5.74, 6) is -1.04. The Labute approximate surface area is 263 Å². The van der Waals surface area contributed by atoms with E-state index in [1.807, 2.05) is 33.8 Å². The molecular formula is C33H35BF2N2O6S. The van der Waals surface area contributed by atoms with Crippen LogP contribution in [0.15, 0.2) is 59.0 Å². The molecule has 3 N–H and O–H groups in total. The zero-order valence-electron chi connectivity index (χ0n) is 25.6. The van der Waals surface area contributed by atoms with Crippen molar-refractivity contribution in [2.75, 3.05) is 10.8 Å². The highest BCUT2D eigenvalue weighted by Crippen LogP contribution is 2.47. The fourth-order valence-electron chi connectivity index (χ4n) is 5.72. The molecule has 1 saturated heterocycles. The number of nitrogens with two attached hydrogens (primary N) is 1. The molecule has 1 aromatic heterocycles. The molecule has 1 atom stereocenters. The van der Waals surface area contributed by atoms with E-state index >= 15 is 4.39 Å². The van der Waals surface area contributed by atoms with Gasteiger partial charge in [0.2, 0.25) is 0 Å². The van der Waals surface area contributed by atoms with Crippen molar-refractivity contribution in [2.45, 2.75) is 70.5 Å². The summed E-state index contributed by atoms with van der Waals surface area (Å²) in [7, 11) is -0.843. The third kappa shape index (κ3) is 6.16. The minimum Gasteiger partial charge on any atom is -0.460 e. The number of halogens is 2. The van der Waals surface area contributed by atoms with E-state index in [4.69, 9.17) is 19.5 Å². The van der Waals surface area contributed by atoms with Crippen molar-refractivity contribution >= 4 is 46.4 Å². The van der Waals surface area contributed by atoms with E-state index < -0.39 is 41.3 Å². The lowest BCUT2D eigenvalue weighted by Crippen LogP contribution is -2.41. The van der Waals surface area contributed by atoms with E-state index in [2.05, 4.69) is 0 Å². The molecule has 4 aromatic rings. The van der Waals surface area contributed by atoms with E-state index in [1.54, 1.807) is 30.3 Å². The van der Waals surface area contributed by atoms with E-state index in [0.29, 0.717) is 33.4 Å². The van der Waals surface area contributed by atoms with Gasteiger partial charge in [-0.15, -0.1) is 0 Å². The van der Waals surface area contributed by atoms with Crippen molar-refractivity contribution in [2.24, 2.45) is 5.73 Å². The van der Waals surface area contributed by atoms with Crippen molar-refractivity contribution < 1.29 is 36.1 Å². The third-order valence-corrected chi connectivity index (χ3v) is 9.84. The maximum absolute atomic E-state index is 15.3. The third-order valence-electron chi connectivity index (χ3n) is 9.08. The van der Waals surface area contributed by atoms with Gasteiger partial charge < -0.3 is 19.5 Å². The number of rotatable bonds is 10. The molecule has 0 radical (unpaired) electrons. The van der Waals surface area contributed by atoms with Gasteiger partial charge in [-0.3, -0.25) is 13.7 Å². The second kappa shape index (κ2) is 11.7. The molecule has 1 aliphatic carbocycles. The van der Waals surface area contributed by atoms with Crippen molar-refractivity contribution in [3.63, 3.8) is 0 Å². The van der Waals surface area contributed by atoms with Crippen LogP contribution in [-0.4, -0.2) is 39.5 Å². The predicted molar refractivity (Wildman–Crippen MR) is 170 cm³/mol. The monoisotopic (exact) mass is 636 g/mol. The normalized spacial score (nSPS) is 18.0. The Morgan fingerprint density at radius 2 is 1.67 bits per heavy atom. The van der Waals surface area contributed by atoms with Crippen molar-refractivity contribution in [1.82, 2.24) is 0 Å². The Morgan fingerprint density at radius 3 is 2.24 bits per heavy atom. The summed E-state index contributed by atoms with van der Waals surface area (Å²) in [5, 5.41) is 0.522. The number of carbonyl (C=O) groups excluding carboxylic acids is 1. The van der Waals surface area contributed by atoms with Gasteiger partial charge >= 0.3 is 7.12 Å². The number of hydrogen-bond acceptors (Lipinski definition) is 5. The Balaban J connectivity index is 1.29. The molecule has 2 fully saturated rings. The van der Waals surface area contributed by atoms with E-state index in [0.717, 1.165) is 24.0 Å². The fourth-order valence-corrected chi connectivity index (χ4v) is 6.29. The van der Waals surface area contributed by atoms with Gasteiger partial charge in [0, 0.05) is 29.9 Å². The largest absolute Gasteiger partial charge is 0.497 e. The van der Waals surface area contributed by atoms with Crippen LogP contribution in [0.1, 0.15) is 79.3 Å². The first-order valence-electron chi connectivity index (χ1n) is 14.9. The number of carbonyl (C=O) groups is 1. The average Bonchev–Trinajstić information content (AvgIpc) is 3.69. The second-order valence-electron chi connectivity index (χ2n) is 12.8. The summed E-state index contributed by atoms with van der Waals surface area (Å²) in [6.45, 7) is 7.72. The Morgan fingerprint density at radius 1 is 1.02 bits per heavy atom. The van der Waals surface area contributed by atoms with Gasteiger partial charge in [0.15, 0.2) is 0 Å². The highest BCUT2D eigenvalue weighted by Gasteiger charge is 2.52. The van der Waals surface area contributed by atoms with Gasteiger partial charge in [0.25, 0.3) is 17.2 Å². The predicted octanol–water partition coefficient (Wildman–Crippen LogP) is 5.76. The minimum atomic E-state index is -2.41. The Kier molecular flexibility index (Phi) is 8.13. The lowest BCUT2D eigenvalue weighted by atomic mass is 9.78. The summed E-state index contributed by atoms with van der Waals surface area (Å²) in [6.07, 6.45) is 2.27. The zero-order chi connectivity index (χ0) is 32.3. The standard InChI is InChI=1S/C33H35BF2N2O6S/c1-32(2)33(3,4)44-34(43-32)25-12-7-20(15-26(25)36)13-14-38(45(40)41)27-18-28-24(17-23(27)21-8-9-21)30(31(37)39)29(42-28)16-19-5-10-22(35)11-6-19/h5-7,10-12,15,17-18,21H,8-9,13-14,16H2,1-4H3,(H2,37,39)(H,40,41). The molecule has 3 aromatic carbocycles. The maximum atomic E-state index is 15.3. The van der Waals surface area contributed by atoms with Gasteiger partial charge in [0.1, 0.15) is 23.0 Å². The number of primary amides is 1. The molecule has 1 amide bonds. The van der Waals surface area contributed by atoms with Crippen molar-refractivity contribution in [1.29, 1.82) is 0 Å². The minimum absolute atomic E-state index is 0.107. The zero-order valence-corrected chi connectivity index (χ0v) is 26.4. The summed E-state index contributed by atoms with van der Waals surface area (Å²) in [4.78, 5) is 12.6. The van der Waals surface area contributed by atoms with E-state index in [-0.39, 0.29) is 36.7 Å². The fraction of sp³-hybridized carbons (Fsp3) is 0.364. The van der Waals surface area contributed by atoms with Crippen LogP contribution >= 0.6 is 0 Å². The SMILES string of the molecule is CC1(C)OB(c2ccc(CCN(c3cc4oc(Cc5ccc(F)cc5)c(C(N)=O)c4cc3C3CC3)S(=O)O)cc2F)OC1(C)C. The highest BCUT2D eigenvalue weighted by atomic mass is 32.2. The van der Waals surface area contributed by atoms with Crippen LogP contribution in [0.25, 0.3) is 11.0 Å². The molecule has 236 valence electrons. The molecule has 1 saturated carbocycles. The number of nitrogens with zero attached hydrogens (tertiary/aromatic N) is 1. The molecule has 1 unspecified atom stereocenters. The molecule has 2 aliphatic rings. The van der Waals surface area contributed by atoms with Crippen LogP contribution < -0.4 is 15.5 Å². The molecule has 45 heavy (non-hydrogen) atoms. The van der Waals surface area contributed by atoms with Gasteiger partial charge in [-0.2, -0.15) is 0 Å². The first-order valence-corrected chi connectivity index (χ1v) is 16.0. The van der Waals surface area contributed by atoms with Crippen LogP contribution in [0.4, 0.5) is 14.5 Å². The summed E-state index contributed by atoms with van der Waals surface area (Å²) < 4.78 is 71.3. The quantitative estimate of drug-likeness (QED) is 0.169. The summed E-state index contributed by atoms with van der Waals surface area (Å²) in [5.41, 5.74) is 8.11. The molecule has 6 rings (SSSR count). The van der Waals surface area contributed by atoms with Gasteiger partial charge in [-0.1, -0.05) is 24.3 Å². The van der Waals surface area contributed by atoms with Crippen LogP contribution in [0.3, 0.4) is 0 Å². The number of benzene rings is 3. The highest BCUT2D eigenvalue weighted by molar-refractivity contribution is 7.80. The van der Waals surface area contributed by atoms with Gasteiger partial charge in [-0.25, -0.2) is 13.0 Å². The topological polar surface area (TPSA) is 115 Å². The van der Waals surface area contributed by atoms with Gasteiger partial charge in [0.05, 0.1) is 22.5 Å². The number of hydrogen-bond donors (Lipinski definition) is 2. The van der Waals surface area contributed by atoms with Crippen molar-refractivity contribution in [3.8, 4) is 0 Å². The van der Waals surface area contributed by atoms with Crippen LogP contribution in [0.5, 0.6) is 0 Å². The number of furan rings is 1. The molecule has 1 aliphatic heterocycles. The second-order valence-corrected chi connectivity index (χ2v) is 13.7. The summed E-state index contributed by atoms with van der Waals surface area (Å²) in [6, 6.07) is 14.2. The lowest BCUT2D eigenvalue weighted by Gasteiger charge is -2.32. The molecular weight excluding hydrogens is 601 g/mol. The first-order chi connectivity index (χ1) is 21.2. The number of amides is 1. The molecule has 2 heterocycles. The van der Waals surface area contributed by atoms with Crippen LogP contribution in [0.2, 0.25) is 0 Å². The summed E-state index contributed by atoms with van der Waals surface area (Å²) >= 11 is -2.41. The first kappa shape index (κ1) is 31.4. The lowest BCUT2D eigenvalue weighted by molar-refractivity contribution is 0.00578. The van der Waals surface area contributed by atoms with E-state index in [1.165, 1.54) is 22.5 Å². The molecule has 8 nitrogen and oxygen atoms in total. The van der Waals surface area contributed by atoms with Crippen LogP contribution in [-0.2, 0) is 33.4 Å². The Bertz CT molecular complexity index is 1790. The Hall–Kier alpha value is -3.58. The maximum Gasteiger partial charge on any atom is 0.497 e. The van der Waals surface area contributed by atoms with E-state index in [9.17, 15) is 17.9 Å². The van der Waals surface area contributed by atoms with Gasteiger partial charge in [-0.05, 0) is 93.8 Å². The smallest absolute Gasteiger partial charge is 0.460 e. The molecule has 0 bridgehead atoms.